The molecule has 1 aromatic carbocycles. The minimum atomic E-state index is -0.390. The summed E-state index contributed by atoms with van der Waals surface area (Å²) in [5.41, 5.74) is 4.02. The van der Waals surface area contributed by atoms with Crippen LogP contribution >= 0.6 is 22.6 Å². The number of aromatic nitrogens is 1. The number of hydrogen-bond acceptors (Lipinski definition) is 3. The zero-order valence-corrected chi connectivity index (χ0v) is 16.6. The molecule has 0 saturated heterocycles. The maximum atomic E-state index is 12.1. The fraction of sp³-hybridized carbons (Fsp3) is 0.263. The number of rotatable bonds is 6. The minimum absolute atomic E-state index is 0.0824. The van der Waals surface area contributed by atoms with Gasteiger partial charge in [0.25, 0.3) is 5.91 Å². The van der Waals surface area contributed by atoms with E-state index in [4.69, 9.17) is 4.74 Å². The predicted octanol–water partition coefficient (Wildman–Crippen LogP) is 3.37. The first-order chi connectivity index (χ1) is 12.0. The van der Waals surface area contributed by atoms with E-state index in [2.05, 4.69) is 44.6 Å². The molecule has 0 radical (unpaired) electrons. The first-order valence-electron chi connectivity index (χ1n) is 7.81. The van der Waals surface area contributed by atoms with Gasteiger partial charge < -0.3 is 14.6 Å². The molecule has 0 fully saturated rings. The van der Waals surface area contributed by atoms with Crippen LogP contribution in [0.1, 0.15) is 17.0 Å². The summed E-state index contributed by atoms with van der Waals surface area (Å²) in [6.07, 6.45) is 1.63. The van der Waals surface area contributed by atoms with Gasteiger partial charge >= 0.3 is 0 Å². The van der Waals surface area contributed by atoms with Crippen LogP contribution in [0, 0.1) is 28.7 Å². The lowest BCUT2D eigenvalue weighted by Gasteiger charge is -2.09. The molecule has 1 amide bonds. The second-order valence-corrected chi connectivity index (χ2v) is 6.80. The van der Waals surface area contributed by atoms with Gasteiger partial charge in [0.15, 0.2) is 0 Å². The van der Waals surface area contributed by atoms with Gasteiger partial charge in [-0.3, -0.25) is 4.79 Å². The van der Waals surface area contributed by atoms with E-state index < -0.39 is 5.91 Å². The van der Waals surface area contributed by atoms with Crippen LogP contribution in [0.2, 0.25) is 0 Å². The smallest absolute Gasteiger partial charge is 0.262 e. The van der Waals surface area contributed by atoms with Crippen LogP contribution < -0.4 is 5.32 Å². The Kier molecular flexibility index (Phi) is 6.79. The van der Waals surface area contributed by atoms with E-state index in [0.29, 0.717) is 13.2 Å². The van der Waals surface area contributed by atoms with Crippen molar-refractivity contribution in [3.05, 3.63) is 56.4 Å². The van der Waals surface area contributed by atoms with Gasteiger partial charge in [-0.05, 0) is 78.4 Å². The SMILES string of the molecule is COCCNC(=O)/C(C#N)=C/c1cc(C)n(-c2ccc(I)cc2)c1C. The highest BCUT2D eigenvalue weighted by Gasteiger charge is 2.13. The van der Waals surface area contributed by atoms with Crippen LogP contribution in [0.4, 0.5) is 0 Å². The Balaban J connectivity index is 2.33. The number of carbonyl (C=O) groups excluding carboxylic acids is 1. The number of benzene rings is 1. The Morgan fingerprint density at radius 3 is 2.64 bits per heavy atom. The zero-order chi connectivity index (χ0) is 18.4. The van der Waals surface area contributed by atoms with Gasteiger partial charge in [-0.1, -0.05) is 0 Å². The Morgan fingerprint density at radius 1 is 1.36 bits per heavy atom. The highest BCUT2D eigenvalue weighted by molar-refractivity contribution is 14.1. The molecule has 6 heteroatoms. The van der Waals surface area contributed by atoms with E-state index in [0.717, 1.165) is 22.6 Å². The highest BCUT2D eigenvalue weighted by atomic mass is 127. The fourth-order valence-electron chi connectivity index (χ4n) is 2.59. The lowest BCUT2D eigenvalue weighted by molar-refractivity contribution is -0.117. The van der Waals surface area contributed by atoms with E-state index in [1.54, 1.807) is 13.2 Å². The molecule has 1 N–H and O–H groups in total. The largest absolute Gasteiger partial charge is 0.383 e. The third kappa shape index (κ3) is 4.71. The maximum Gasteiger partial charge on any atom is 0.262 e. The van der Waals surface area contributed by atoms with Crippen molar-refractivity contribution in [3.63, 3.8) is 0 Å². The Morgan fingerprint density at radius 2 is 2.04 bits per heavy atom. The number of nitrogens with one attached hydrogen (secondary N) is 1. The molecule has 1 heterocycles. The Bertz CT molecular complexity index is 830. The van der Waals surface area contributed by atoms with Crippen LogP contribution in [-0.4, -0.2) is 30.7 Å². The van der Waals surface area contributed by atoms with Crippen LogP contribution in [0.5, 0.6) is 0 Å². The number of nitriles is 1. The summed E-state index contributed by atoms with van der Waals surface area (Å²) in [6.45, 7) is 4.77. The minimum Gasteiger partial charge on any atom is -0.383 e. The second kappa shape index (κ2) is 8.83. The van der Waals surface area contributed by atoms with Gasteiger partial charge in [-0.25, -0.2) is 0 Å². The molecule has 130 valence electrons. The van der Waals surface area contributed by atoms with Crippen LogP contribution in [0.25, 0.3) is 11.8 Å². The van der Waals surface area contributed by atoms with Crippen molar-refractivity contribution in [3.8, 4) is 11.8 Å². The molecule has 2 aromatic rings. The lowest BCUT2D eigenvalue weighted by Crippen LogP contribution is -2.27. The molecule has 0 atom stereocenters. The molecule has 0 aliphatic heterocycles. The van der Waals surface area contributed by atoms with Crippen molar-refractivity contribution in [2.24, 2.45) is 0 Å². The monoisotopic (exact) mass is 449 g/mol. The molecule has 5 nitrogen and oxygen atoms in total. The standard InChI is InChI=1S/C19H20IN3O2/c1-13-10-15(11-16(12-21)19(24)22-8-9-25-3)14(2)23(13)18-6-4-17(20)5-7-18/h4-7,10-11H,8-9H2,1-3H3,(H,22,24)/b16-11+. The van der Waals surface area contributed by atoms with Crippen LogP contribution in [0.3, 0.4) is 0 Å². The normalized spacial score (nSPS) is 11.2. The van der Waals surface area contributed by atoms with Crippen molar-refractivity contribution in [1.82, 2.24) is 9.88 Å². The summed E-state index contributed by atoms with van der Waals surface area (Å²) < 4.78 is 8.18. The summed E-state index contributed by atoms with van der Waals surface area (Å²) >= 11 is 2.27. The second-order valence-electron chi connectivity index (χ2n) is 5.56. The molecule has 25 heavy (non-hydrogen) atoms. The number of aryl methyl sites for hydroxylation is 1. The number of hydrogen-bond donors (Lipinski definition) is 1. The van der Waals surface area contributed by atoms with E-state index in [9.17, 15) is 10.1 Å². The summed E-state index contributed by atoms with van der Waals surface area (Å²) in [5, 5.41) is 12.0. The molecule has 0 saturated carbocycles. The summed E-state index contributed by atoms with van der Waals surface area (Å²) in [5.74, 6) is -0.390. The van der Waals surface area contributed by atoms with Crippen LogP contribution in [-0.2, 0) is 9.53 Å². The average Bonchev–Trinajstić information content (AvgIpc) is 2.87. The van der Waals surface area contributed by atoms with E-state index in [-0.39, 0.29) is 5.57 Å². The summed E-state index contributed by atoms with van der Waals surface area (Å²) in [4.78, 5) is 12.1. The van der Waals surface area contributed by atoms with Crippen molar-refractivity contribution in [1.29, 1.82) is 5.26 Å². The topological polar surface area (TPSA) is 67.0 Å². The number of carbonyl (C=O) groups is 1. The van der Waals surface area contributed by atoms with Crippen LogP contribution in [0.15, 0.2) is 35.9 Å². The molecule has 1 aromatic heterocycles. The Hall–Kier alpha value is -2.11. The summed E-state index contributed by atoms with van der Waals surface area (Å²) in [7, 11) is 1.56. The Labute approximate surface area is 161 Å². The number of amides is 1. The number of methoxy groups -OCH3 is 1. The molecular weight excluding hydrogens is 429 g/mol. The van der Waals surface area contributed by atoms with Crippen molar-refractivity contribution in [2.45, 2.75) is 13.8 Å². The van der Waals surface area contributed by atoms with E-state index >= 15 is 0 Å². The number of halogens is 1. The fourth-order valence-corrected chi connectivity index (χ4v) is 2.95. The summed E-state index contributed by atoms with van der Waals surface area (Å²) in [6, 6.07) is 12.2. The zero-order valence-electron chi connectivity index (χ0n) is 14.5. The van der Waals surface area contributed by atoms with Gasteiger partial charge in [0.05, 0.1) is 6.61 Å². The molecule has 0 unspecified atom stereocenters. The van der Waals surface area contributed by atoms with Gasteiger partial charge in [-0.15, -0.1) is 0 Å². The molecule has 2 rings (SSSR count). The first-order valence-corrected chi connectivity index (χ1v) is 8.89. The average molecular weight is 449 g/mol. The predicted molar refractivity (Wildman–Crippen MR) is 106 cm³/mol. The maximum absolute atomic E-state index is 12.1. The van der Waals surface area contributed by atoms with Gasteiger partial charge in [0.1, 0.15) is 11.6 Å². The number of nitrogens with zero attached hydrogens (tertiary/aromatic N) is 2. The van der Waals surface area contributed by atoms with E-state index in [1.807, 2.05) is 38.1 Å². The third-order valence-corrected chi connectivity index (χ3v) is 4.53. The van der Waals surface area contributed by atoms with Crippen molar-refractivity contribution >= 4 is 34.6 Å². The quantitative estimate of drug-likeness (QED) is 0.318. The van der Waals surface area contributed by atoms with Crippen molar-refractivity contribution in [2.75, 3.05) is 20.3 Å². The van der Waals surface area contributed by atoms with Gasteiger partial charge in [0, 0.05) is 34.3 Å². The molecule has 0 spiro atoms. The number of ether oxygens (including phenoxy) is 1. The third-order valence-electron chi connectivity index (χ3n) is 3.81. The van der Waals surface area contributed by atoms with Gasteiger partial charge in [0.2, 0.25) is 0 Å². The van der Waals surface area contributed by atoms with E-state index in [1.165, 1.54) is 3.57 Å². The van der Waals surface area contributed by atoms with Gasteiger partial charge in [-0.2, -0.15) is 5.26 Å². The lowest BCUT2D eigenvalue weighted by atomic mass is 10.1. The first kappa shape index (κ1) is 19.2. The molecule has 0 aliphatic carbocycles. The molecule has 0 bridgehead atoms. The molecule has 0 aliphatic rings. The van der Waals surface area contributed by atoms with Crippen molar-refractivity contribution < 1.29 is 9.53 Å². The molecular formula is C19H20IN3O2. The highest BCUT2D eigenvalue weighted by Crippen LogP contribution is 2.23.